The molecule has 0 saturated heterocycles. The molecule has 3 N–H and O–H groups in total. The summed E-state index contributed by atoms with van der Waals surface area (Å²) >= 11 is 0. The first-order chi connectivity index (χ1) is 9.06. The van der Waals surface area contributed by atoms with E-state index in [9.17, 15) is 10.1 Å². The largest absolute Gasteiger partial charge is 0.457 e. The number of ether oxygens (including phenoxy) is 1. The zero-order chi connectivity index (χ0) is 13.8. The van der Waals surface area contributed by atoms with E-state index in [2.05, 4.69) is 0 Å². The Morgan fingerprint density at radius 3 is 1.95 bits per heavy atom. The Balaban J connectivity index is 2.12. The van der Waals surface area contributed by atoms with E-state index in [1.54, 1.807) is 24.3 Å². The summed E-state index contributed by atoms with van der Waals surface area (Å²) in [7, 11) is 0. The van der Waals surface area contributed by atoms with E-state index in [0.717, 1.165) is 0 Å². The topological polar surface area (TPSA) is 102 Å². The lowest BCUT2D eigenvalue weighted by atomic mass is 10.2. The van der Waals surface area contributed by atoms with Gasteiger partial charge in [-0.15, -0.1) is 0 Å². The van der Waals surface area contributed by atoms with Crippen molar-refractivity contribution in [1.29, 1.82) is 5.41 Å². The average molecular weight is 257 g/mol. The van der Waals surface area contributed by atoms with Gasteiger partial charge in [-0.2, -0.15) is 0 Å². The van der Waals surface area contributed by atoms with Crippen molar-refractivity contribution in [2.45, 2.75) is 0 Å². The summed E-state index contributed by atoms with van der Waals surface area (Å²) in [6.07, 6.45) is 0. The van der Waals surface area contributed by atoms with Crippen molar-refractivity contribution in [2.75, 3.05) is 0 Å². The van der Waals surface area contributed by atoms with E-state index in [4.69, 9.17) is 15.9 Å². The maximum atomic E-state index is 10.5. The third-order valence-electron chi connectivity index (χ3n) is 2.45. The van der Waals surface area contributed by atoms with E-state index in [1.165, 1.54) is 24.3 Å². The third-order valence-corrected chi connectivity index (χ3v) is 2.45. The maximum Gasteiger partial charge on any atom is 0.269 e. The lowest BCUT2D eigenvalue weighted by molar-refractivity contribution is -0.384. The van der Waals surface area contributed by atoms with Crippen LogP contribution in [0.2, 0.25) is 0 Å². The second-order valence-electron chi connectivity index (χ2n) is 3.79. The number of amidine groups is 1. The van der Waals surface area contributed by atoms with Crippen LogP contribution >= 0.6 is 0 Å². The van der Waals surface area contributed by atoms with Gasteiger partial charge >= 0.3 is 0 Å². The fourth-order valence-corrected chi connectivity index (χ4v) is 1.47. The lowest BCUT2D eigenvalue weighted by Crippen LogP contribution is -2.10. The Kier molecular flexibility index (Phi) is 3.42. The Bertz CT molecular complexity index is 551. The SMILES string of the molecule is N=C(N)c1ccc(Oc2ccc([N+](=O)[O-])cc2)cc1. The van der Waals surface area contributed by atoms with Gasteiger partial charge in [0, 0.05) is 17.7 Å². The summed E-state index contributed by atoms with van der Waals surface area (Å²) in [6, 6.07) is 12.5. The minimum atomic E-state index is -0.467. The predicted octanol–water partition coefficient (Wildman–Crippen LogP) is 2.67. The number of nitrogens with zero attached hydrogens (tertiary/aromatic N) is 1. The summed E-state index contributed by atoms with van der Waals surface area (Å²) in [5.41, 5.74) is 5.96. The number of benzene rings is 2. The molecule has 0 unspecified atom stereocenters. The van der Waals surface area contributed by atoms with Crippen LogP contribution in [-0.4, -0.2) is 10.8 Å². The molecule has 0 aliphatic carbocycles. The lowest BCUT2D eigenvalue weighted by Gasteiger charge is -2.06. The second kappa shape index (κ2) is 5.18. The molecule has 6 nitrogen and oxygen atoms in total. The molecule has 19 heavy (non-hydrogen) atoms. The fourth-order valence-electron chi connectivity index (χ4n) is 1.47. The van der Waals surface area contributed by atoms with Crippen molar-refractivity contribution in [2.24, 2.45) is 5.73 Å². The molecular weight excluding hydrogens is 246 g/mol. The highest BCUT2D eigenvalue weighted by Gasteiger charge is 2.05. The normalized spacial score (nSPS) is 9.89. The van der Waals surface area contributed by atoms with Gasteiger partial charge in [-0.1, -0.05) is 0 Å². The molecule has 0 atom stereocenters. The smallest absolute Gasteiger partial charge is 0.269 e. The van der Waals surface area contributed by atoms with Gasteiger partial charge in [-0.25, -0.2) is 0 Å². The fraction of sp³-hybridized carbons (Fsp3) is 0. The Morgan fingerprint density at radius 2 is 1.53 bits per heavy atom. The number of nitro groups is 1. The van der Waals surface area contributed by atoms with Crippen LogP contribution in [0.4, 0.5) is 5.69 Å². The van der Waals surface area contributed by atoms with E-state index in [-0.39, 0.29) is 11.5 Å². The van der Waals surface area contributed by atoms with Crippen molar-refractivity contribution in [3.05, 3.63) is 64.2 Å². The van der Waals surface area contributed by atoms with Gasteiger partial charge in [0.05, 0.1) is 4.92 Å². The molecule has 0 aliphatic heterocycles. The summed E-state index contributed by atoms with van der Waals surface area (Å²) in [4.78, 5) is 10.0. The van der Waals surface area contributed by atoms with Crippen LogP contribution in [0.15, 0.2) is 48.5 Å². The average Bonchev–Trinajstić information content (AvgIpc) is 2.40. The van der Waals surface area contributed by atoms with E-state index >= 15 is 0 Å². The van der Waals surface area contributed by atoms with Gasteiger partial charge in [0.15, 0.2) is 0 Å². The number of nitrogens with one attached hydrogen (secondary N) is 1. The maximum absolute atomic E-state index is 10.5. The number of hydrogen-bond donors (Lipinski definition) is 2. The van der Waals surface area contributed by atoms with Crippen LogP contribution in [-0.2, 0) is 0 Å². The predicted molar refractivity (Wildman–Crippen MR) is 70.6 cm³/mol. The minimum Gasteiger partial charge on any atom is -0.457 e. The number of nitrogens with two attached hydrogens (primary N) is 1. The first-order valence-electron chi connectivity index (χ1n) is 5.43. The van der Waals surface area contributed by atoms with Gasteiger partial charge in [0.25, 0.3) is 5.69 Å². The Labute approximate surface area is 109 Å². The number of rotatable bonds is 4. The van der Waals surface area contributed by atoms with Gasteiger partial charge in [0.1, 0.15) is 17.3 Å². The van der Waals surface area contributed by atoms with E-state index in [0.29, 0.717) is 17.1 Å². The molecule has 2 aromatic carbocycles. The highest BCUT2D eigenvalue weighted by molar-refractivity contribution is 5.94. The van der Waals surface area contributed by atoms with Crippen LogP contribution in [0, 0.1) is 15.5 Å². The minimum absolute atomic E-state index is 0.0121. The second-order valence-corrected chi connectivity index (χ2v) is 3.79. The molecule has 0 aromatic heterocycles. The molecule has 2 aromatic rings. The van der Waals surface area contributed by atoms with Crippen LogP contribution in [0.25, 0.3) is 0 Å². The molecule has 0 amide bonds. The molecule has 2 rings (SSSR count). The molecule has 0 heterocycles. The molecule has 0 aliphatic rings. The summed E-state index contributed by atoms with van der Waals surface area (Å²) in [6.45, 7) is 0. The van der Waals surface area contributed by atoms with E-state index < -0.39 is 4.92 Å². The number of nitro benzene ring substituents is 1. The number of non-ortho nitro benzene ring substituents is 1. The zero-order valence-corrected chi connectivity index (χ0v) is 9.87. The summed E-state index contributed by atoms with van der Waals surface area (Å²) < 4.78 is 5.51. The van der Waals surface area contributed by atoms with Crippen molar-refractivity contribution >= 4 is 11.5 Å². The van der Waals surface area contributed by atoms with Crippen molar-refractivity contribution in [3.63, 3.8) is 0 Å². The molecular formula is C13H11N3O3. The number of nitrogen functional groups attached to an aromatic ring is 1. The number of hydrogen-bond acceptors (Lipinski definition) is 4. The zero-order valence-electron chi connectivity index (χ0n) is 9.87. The molecule has 0 bridgehead atoms. The monoisotopic (exact) mass is 257 g/mol. The van der Waals surface area contributed by atoms with Crippen LogP contribution < -0.4 is 10.5 Å². The van der Waals surface area contributed by atoms with Gasteiger partial charge in [0.2, 0.25) is 0 Å². The Morgan fingerprint density at radius 1 is 1.05 bits per heavy atom. The van der Waals surface area contributed by atoms with E-state index in [1.807, 2.05) is 0 Å². The molecule has 96 valence electrons. The van der Waals surface area contributed by atoms with Gasteiger partial charge in [-0.05, 0) is 36.4 Å². The molecule has 0 radical (unpaired) electrons. The van der Waals surface area contributed by atoms with Crippen LogP contribution in [0.5, 0.6) is 11.5 Å². The third kappa shape index (κ3) is 3.06. The highest BCUT2D eigenvalue weighted by Crippen LogP contribution is 2.23. The van der Waals surface area contributed by atoms with Gasteiger partial charge < -0.3 is 10.5 Å². The molecule has 0 spiro atoms. The molecule has 0 fully saturated rings. The Hall–Kier alpha value is -2.89. The van der Waals surface area contributed by atoms with Crippen LogP contribution in [0.3, 0.4) is 0 Å². The summed E-state index contributed by atoms with van der Waals surface area (Å²) in [5, 5.41) is 17.8. The van der Waals surface area contributed by atoms with Crippen molar-refractivity contribution in [1.82, 2.24) is 0 Å². The van der Waals surface area contributed by atoms with Crippen LogP contribution in [0.1, 0.15) is 5.56 Å². The molecule has 6 heteroatoms. The van der Waals surface area contributed by atoms with Gasteiger partial charge in [-0.3, -0.25) is 15.5 Å². The first-order valence-corrected chi connectivity index (χ1v) is 5.43. The van der Waals surface area contributed by atoms with Crippen molar-refractivity contribution < 1.29 is 9.66 Å². The molecule has 0 saturated carbocycles. The quantitative estimate of drug-likeness (QED) is 0.380. The first kappa shape index (κ1) is 12.6. The summed E-state index contributed by atoms with van der Waals surface area (Å²) in [5.74, 6) is 1.06. The van der Waals surface area contributed by atoms with Crippen molar-refractivity contribution in [3.8, 4) is 11.5 Å². The highest BCUT2D eigenvalue weighted by atomic mass is 16.6. The standard InChI is InChI=1S/C13H11N3O3/c14-13(15)9-1-5-11(6-2-9)19-12-7-3-10(4-8-12)16(17)18/h1-8H,(H3,14,15).